The summed E-state index contributed by atoms with van der Waals surface area (Å²) in [6, 6.07) is 3.75. The van der Waals surface area contributed by atoms with Crippen LogP contribution in [-0.4, -0.2) is 67.7 Å². The van der Waals surface area contributed by atoms with Crippen molar-refractivity contribution in [1.82, 2.24) is 14.9 Å². The predicted octanol–water partition coefficient (Wildman–Crippen LogP) is 1.07. The van der Waals surface area contributed by atoms with Crippen LogP contribution in [0.2, 0.25) is 0 Å². The van der Waals surface area contributed by atoms with Gasteiger partial charge in [-0.3, -0.25) is 4.79 Å². The van der Waals surface area contributed by atoms with Crippen molar-refractivity contribution >= 4 is 35.0 Å². The number of halogens is 1. The molecule has 2 aromatic rings. The molecule has 0 spiro atoms. The summed E-state index contributed by atoms with van der Waals surface area (Å²) >= 11 is 0. The number of carbonyl (C=O) groups is 1. The fourth-order valence-corrected chi connectivity index (χ4v) is 3.13. The number of aromatic nitrogens is 2. The number of ether oxygens (including phenoxy) is 2. The minimum absolute atomic E-state index is 0. The molecule has 1 aromatic carbocycles. The molecule has 1 aromatic heterocycles. The van der Waals surface area contributed by atoms with Crippen LogP contribution in [0.3, 0.4) is 0 Å². The number of nitrogens with two attached hydrogens (primary N) is 1. The number of rotatable bonds is 4. The second-order valence-corrected chi connectivity index (χ2v) is 5.85. The minimum atomic E-state index is -0.0131. The summed E-state index contributed by atoms with van der Waals surface area (Å²) in [5, 5.41) is 0.902. The molecule has 1 saturated heterocycles. The summed E-state index contributed by atoms with van der Waals surface area (Å²) < 4.78 is 10.8. The summed E-state index contributed by atoms with van der Waals surface area (Å²) in [7, 11) is 3.21. The van der Waals surface area contributed by atoms with E-state index in [9.17, 15) is 4.79 Å². The fraction of sp³-hybridized carbons (Fsp3) is 0.471. The summed E-state index contributed by atoms with van der Waals surface area (Å²) in [6.45, 7) is 2.91. The van der Waals surface area contributed by atoms with Crippen molar-refractivity contribution < 1.29 is 14.3 Å². The zero-order valence-electron chi connectivity index (χ0n) is 15.0. The average Bonchev–Trinajstić information content (AvgIpc) is 2.91. The Bertz CT molecular complexity index is 773. The van der Waals surface area contributed by atoms with Gasteiger partial charge in [-0.25, -0.2) is 9.97 Å². The summed E-state index contributed by atoms with van der Waals surface area (Å²) in [6.07, 6.45) is 2.42. The van der Waals surface area contributed by atoms with E-state index < -0.39 is 0 Å². The van der Waals surface area contributed by atoms with Crippen molar-refractivity contribution in [1.29, 1.82) is 0 Å². The standard InChI is InChI=1S/C17H23N5O3.ClH/c1-24-14-8-12-13(9-15(14)25-2)19-11-20-17(12)22-5-3-4-21(6-7-22)16(23)10-18;/h8-9,11H,3-7,10,18H2,1-2H3;1H. The Morgan fingerprint density at radius 1 is 1.12 bits per heavy atom. The van der Waals surface area contributed by atoms with Crippen molar-refractivity contribution in [3.63, 3.8) is 0 Å². The highest BCUT2D eigenvalue weighted by atomic mass is 35.5. The van der Waals surface area contributed by atoms with Crippen LogP contribution < -0.4 is 20.1 Å². The van der Waals surface area contributed by atoms with Crippen LogP contribution in [-0.2, 0) is 4.79 Å². The van der Waals surface area contributed by atoms with E-state index in [1.54, 1.807) is 20.5 Å². The van der Waals surface area contributed by atoms with E-state index in [0.717, 1.165) is 29.7 Å². The number of amides is 1. The second kappa shape index (κ2) is 8.86. The van der Waals surface area contributed by atoms with E-state index in [4.69, 9.17) is 15.2 Å². The maximum atomic E-state index is 11.9. The van der Waals surface area contributed by atoms with Gasteiger partial charge in [-0.15, -0.1) is 12.4 Å². The van der Waals surface area contributed by atoms with Gasteiger partial charge in [0, 0.05) is 37.6 Å². The van der Waals surface area contributed by atoms with Gasteiger partial charge < -0.3 is 25.0 Å². The van der Waals surface area contributed by atoms with E-state index in [-0.39, 0.29) is 24.9 Å². The molecule has 26 heavy (non-hydrogen) atoms. The van der Waals surface area contributed by atoms with Crippen LogP contribution in [0, 0.1) is 0 Å². The third-order valence-electron chi connectivity index (χ3n) is 4.44. The van der Waals surface area contributed by atoms with Gasteiger partial charge in [0.15, 0.2) is 11.5 Å². The van der Waals surface area contributed by atoms with Crippen molar-refractivity contribution in [3.05, 3.63) is 18.5 Å². The summed E-state index contributed by atoms with van der Waals surface area (Å²) in [5.41, 5.74) is 6.28. The molecule has 9 heteroatoms. The zero-order chi connectivity index (χ0) is 17.8. The molecular formula is C17H24ClN5O3. The topological polar surface area (TPSA) is 93.8 Å². The molecule has 8 nitrogen and oxygen atoms in total. The molecular weight excluding hydrogens is 358 g/mol. The maximum absolute atomic E-state index is 11.9. The molecule has 1 amide bonds. The quantitative estimate of drug-likeness (QED) is 0.846. The molecule has 1 fully saturated rings. The Morgan fingerprint density at radius 3 is 2.54 bits per heavy atom. The highest BCUT2D eigenvalue weighted by molar-refractivity contribution is 5.92. The first kappa shape index (κ1) is 20.0. The SMILES string of the molecule is COc1cc2ncnc(N3CCCN(C(=O)CN)CC3)c2cc1OC.Cl. The Hall–Kier alpha value is -2.32. The van der Waals surface area contributed by atoms with Gasteiger partial charge in [0.05, 0.1) is 26.3 Å². The number of methoxy groups -OCH3 is 2. The van der Waals surface area contributed by atoms with Gasteiger partial charge in [-0.1, -0.05) is 0 Å². The molecule has 0 atom stereocenters. The van der Waals surface area contributed by atoms with Crippen LogP contribution in [0.5, 0.6) is 11.5 Å². The Kier molecular flexibility index (Phi) is 6.82. The van der Waals surface area contributed by atoms with Crippen LogP contribution in [0.4, 0.5) is 5.82 Å². The van der Waals surface area contributed by atoms with Gasteiger partial charge >= 0.3 is 0 Å². The molecule has 0 radical (unpaired) electrons. The summed E-state index contributed by atoms with van der Waals surface area (Å²) in [4.78, 5) is 24.7. The van der Waals surface area contributed by atoms with Gasteiger partial charge in [-0.2, -0.15) is 0 Å². The van der Waals surface area contributed by atoms with E-state index in [1.807, 2.05) is 17.0 Å². The Balaban J connectivity index is 0.00000243. The lowest BCUT2D eigenvalue weighted by molar-refractivity contribution is -0.129. The van der Waals surface area contributed by atoms with Crippen LogP contribution >= 0.6 is 12.4 Å². The lowest BCUT2D eigenvalue weighted by Crippen LogP contribution is -2.38. The van der Waals surface area contributed by atoms with Gasteiger partial charge in [0.25, 0.3) is 0 Å². The molecule has 0 unspecified atom stereocenters. The van der Waals surface area contributed by atoms with Crippen molar-refractivity contribution in [3.8, 4) is 11.5 Å². The van der Waals surface area contributed by atoms with Gasteiger partial charge in [-0.05, 0) is 12.5 Å². The Morgan fingerprint density at radius 2 is 1.85 bits per heavy atom. The lowest BCUT2D eigenvalue weighted by atomic mass is 10.2. The van der Waals surface area contributed by atoms with E-state index in [2.05, 4.69) is 14.9 Å². The highest BCUT2D eigenvalue weighted by Gasteiger charge is 2.21. The van der Waals surface area contributed by atoms with E-state index >= 15 is 0 Å². The first-order valence-electron chi connectivity index (χ1n) is 8.27. The van der Waals surface area contributed by atoms with Crippen molar-refractivity contribution in [2.45, 2.75) is 6.42 Å². The molecule has 2 heterocycles. The smallest absolute Gasteiger partial charge is 0.236 e. The molecule has 1 aliphatic rings. The molecule has 3 rings (SSSR count). The van der Waals surface area contributed by atoms with E-state index in [0.29, 0.717) is 31.1 Å². The van der Waals surface area contributed by atoms with Gasteiger partial charge in [0.2, 0.25) is 5.91 Å². The first-order valence-corrected chi connectivity index (χ1v) is 8.27. The third-order valence-corrected chi connectivity index (χ3v) is 4.44. The van der Waals surface area contributed by atoms with Crippen LogP contribution in [0.1, 0.15) is 6.42 Å². The number of hydrogen-bond donors (Lipinski definition) is 1. The molecule has 0 saturated carbocycles. The number of nitrogens with zero attached hydrogens (tertiary/aromatic N) is 4. The summed E-state index contributed by atoms with van der Waals surface area (Å²) in [5.74, 6) is 2.10. The zero-order valence-corrected chi connectivity index (χ0v) is 15.8. The number of hydrogen-bond acceptors (Lipinski definition) is 7. The fourth-order valence-electron chi connectivity index (χ4n) is 3.13. The lowest BCUT2D eigenvalue weighted by Gasteiger charge is -2.24. The van der Waals surface area contributed by atoms with Crippen LogP contribution in [0.25, 0.3) is 10.9 Å². The van der Waals surface area contributed by atoms with E-state index in [1.165, 1.54) is 0 Å². The molecule has 0 bridgehead atoms. The normalized spacial score (nSPS) is 14.6. The second-order valence-electron chi connectivity index (χ2n) is 5.85. The maximum Gasteiger partial charge on any atom is 0.236 e. The minimum Gasteiger partial charge on any atom is -0.493 e. The number of fused-ring (bicyclic) bond motifs is 1. The number of benzene rings is 1. The highest BCUT2D eigenvalue weighted by Crippen LogP contribution is 2.34. The molecule has 2 N–H and O–H groups in total. The number of anilines is 1. The first-order chi connectivity index (χ1) is 12.2. The largest absolute Gasteiger partial charge is 0.493 e. The number of carbonyl (C=O) groups excluding carboxylic acids is 1. The monoisotopic (exact) mass is 381 g/mol. The molecule has 1 aliphatic heterocycles. The Labute approximate surface area is 158 Å². The predicted molar refractivity (Wildman–Crippen MR) is 102 cm³/mol. The van der Waals surface area contributed by atoms with Gasteiger partial charge in [0.1, 0.15) is 12.1 Å². The molecule has 142 valence electrons. The van der Waals surface area contributed by atoms with Crippen LogP contribution in [0.15, 0.2) is 18.5 Å². The third kappa shape index (κ3) is 3.91. The van der Waals surface area contributed by atoms with Crippen molar-refractivity contribution in [2.75, 3.05) is 51.8 Å². The average molecular weight is 382 g/mol. The molecule has 0 aliphatic carbocycles. The van der Waals surface area contributed by atoms with Crippen molar-refractivity contribution in [2.24, 2.45) is 5.73 Å².